The van der Waals surface area contributed by atoms with Crippen molar-refractivity contribution in [3.05, 3.63) is 69.7 Å². The molecule has 1 saturated carbocycles. The molecule has 4 rings (SSSR count). The molecule has 0 bridgehead atoms. The standard InChI is InChI=1S/C26H28ClN5O4S/c1-36-19-13-11-18(12-14-19)32(26(35)23-20(28)21(24(29)33)31-37-23)22(15-7-9-16(27)10-8-15)25(34)30-17-5-3-2-4-6-17/h7-14,17,22H,2-6,28H2,1H3,(H2,29,33)(H,30,34)/t22-/m0/s1. The predicted molar refractivity (Wildman–Crippen MR) is 144 cm³/mol. The largest absolute Gasteiger partial charge is 0.497 e. The minimum absolute atomic E-state index is 0.00838. The lowest BCUT2D eigenvalue weighted by Crippen LogP contribution is -2.47. The minimum Gasteiger partial charge on any atom is -0.497 e. The van der Waals surface area contributed by atoms with Gasteiger partial charge in [-0.2, -0.15) is 4.37 Å². The summed E-state index contributed by atoms with van der Waals surface area (Å²) >= 11 is 6.89. The number of amides is 3. The third-order valence-corrected chi connectivity index (χ3v) is 7.47. The number of nitrogens with zero attached hydrogens (tertiary/aromatic N) is 2. The average molecular weight is 542 g/mol. The average Bonchev–Trinajstić information content (AvgIpc) is 3.29. The molecule has 11 heteroatoms. The number of anilines is 2. The van der Waals surface area contributed by atoms with Crippen molar-refractivity contribution < 1.29 is 19.1 Å². The number of nitrogens with one attached hydrogen (secondary N) is 1. The van der Waals surface area contributed by atoms with E-state index in [1.54, 1.807) is 48.5 Å². The number of hydrogen-bond acceptors (Lipinski definition) is 7. The van der Waals surface area contributed by atoms with Gasteiger partial charge in [-0.15, -0.1) is 0 Å². The van der Waals surface area contributed by atoms with E-state index in [1.807, 2.05) is 0 Å². The fourth-order valence-electron chi connectivity index (χ4n) is 4.45. The Morgan fingerprint density at radius 2 is 1.73 bits per heavy atom. The number of rotatable bonds is 8. The van der Waals surface area contributed by atoms with Gasteiger partial charge in [-0.05, 0) is 66.3 Å². The number of halogens is 1. The van der Waals surface area contributed by atoms with Crippen LogP contribution in [0.2, 0.25) is 5.02 Å². The second-order valence-corrected chi connectivity index (χ2v) is 10.0. The smallest absolute Gasteiger partial charge is 0.273 e. The van der Waals surface area contributed by atoms with E-state index in [0.29, 0.717) is 22.0 Å². The minimum atomic E-state index is -1.06. The Kier molecular flexibility index (Phi) is 8.30. The summed E-state index contributed by atoms with van der Waals surface area (Å²) in [4.78, 5) is 41.1. The Morgan fingerprint density at radius 3 is 2.30 bits per heavy atom. The molecule has 1 atom stereocenters. The van der Waals surface area contributed by atoms with E-state index >= 15 is 0 Å². The lowest BCUT2D eigenvalue weighted by molar-refractivity contribution is -0.123. The molecule has 0 radical (unpaired) electrons. The number of methoxy groups -OCH3 is 1. The number of aromatic nitrogens is 1. The van der Waals surface area contributed by atoms with Gasteiger partial charge in [-0.1, -0.05) is 43.0 Å². The molecular weight excluding hydrogens is 514 g/mol. The Morgan fingerprint density at radius 1 is 1.08 bits per heavy atom. The van der Waals surface area contributed by atoms with Crippen LogP contribution < -0.4 is 26.4 Å². The van der Waals surface area contributed by atoms with Gasteiger partial charge in [0.25, 0.3) is 11.8 Å². The fourth-order valence-corrected chi connectivity index (χ4v) is 5.32. The zero-order valence-corrected chi connectivity index (χ0v) is 21.8. The van der Waals surface area contributed by atoms with E-state index in [2.05, 4.69) is 9.69 Å². The first-order valence-electron chi connectivity index (χ1n) is 11.9. The molecule has 194 valence electrons. The van der Waals surface area contributed by atoms with Crippen molar-refractivity contribution in [3.8, 4) is 5.75 Å². The van der Waals surface area contributed by atoms with E-state index in [1.165, 1.54) is 12.0 Å². The molecule has 3 aromatic rings. The maximum absolute atomic E-state index is 14.1. The molecular formula is C26H28ClN5O4S. The Labute approximate surface area is 223 Å². The van der Waals surface area contributed by atoms with Gasteiger partial charge in [0.1, 0.15) is 16.7 Å². The van der Waals surface area contributed by atoms with E-state index in [4.69, 9.17) is 27.8 Å². The second kappa shape index (κ2) is 11.6. The van der Waals surface area contributed by atoms with Crippen molar-refractivity contribution in [2.45, 2.75) is 44.2 Å². The van der Waals surface area contributed by atoms with E-state index < -0.39 is 17.9 Å². The number of nitrogen functional groups attached to an aromatic ring is 1. The molecule has 1 aromatic heterocycles. The number of ether oxygens (including phenoxy) is 1. The monoisotopic (exact) mass is 541 g/mol. The van der Waals surface area contributed by atoms with Crippen LogP contribution >= 0.6 is 23.1 Å². The van der Waals surface area contributed by atoms with Gasteiger partial charge in [0.05, 0.1) is 12.8 Å². The third kappa shape index (κ3) is 5.86. The highest BCUT2D eigenvalue weighted by Crippen LogP contribution is 2.34. The molecule has 0 aliphatic heterocycles. The van der Waals surface area contributed by atoms with E-state index in [-0.39, 0.29) is 28.2 Å². The molecule has 2 aromatic carbocycles. The van der Waals surface area contributed by atoms with Gasteiger partial charge in [0, 0.05) is 16.8 Å². The van der Waals surface area contributed by atoms with E-state index in [0.717, 1.165) is 43.6 Å². The normalized spacial score (nSPS) is 14.5. The van der Waals surface area contributed by atoms with Gasteiger partial charge < -0.3 is 21.5 Å². The van der Waals surface area contributed by atoms with Gasteiger partial charge in [0.15, 0.2) is 5.69 Å². The SMILES string of the molecule is COc1ccc(N(C(=O)c2snc(C(N)=O)c2N)[C@H](C(=O)NC2CCCCC2)c2ccc(Cl)cc2)cc1. The summed E-state index contributed by atoms with van der Waals surface area (Å²) in [5, 5.41) is 3.64. The summed E-state index contributed by atoms with van der Waals surface area (Å²) < 4.78 is 9.25. The molecule has 1 heterocycles. The predicted octanol–water partition coefficient (Wildman–Crippen LogP) is 4.32. The molecule has 1 aliphatic rings. The van der Waals surface area contributed by atoms with Crippen LogP contribution in [0.25, 0.3) is 0 Å². The highest BCUT2D eigenvalue weighted by molar-refractivity contribution is 7.09. The lowest BCUT2D eigenvalue weighted by Gasteiger charge is -2.33. The number of hydrogen-bond donors (Lipinski definition) is 3. The number of benzene rings is 2. The Bertz CT molecular complexity index is 1270. The molecule has 3 amide bonds. The van der Waals surface area contributed by atoms with Crippen molar-refractivity contribution >= 4 is 52.2 Å². The third-order valence-electron chi connectivity index (χ3n) is 6.37. The highest BCUT2D eigenvalue weighted by atomic mass is 35.5. The molecule has 0 unspecified atom stereocenters. The maximum Gasteiger partial charge on any atom is 0.273 e. The van der Waals surface area contributed by atoms with Crippen molar-refractivity contribution in [2.24, 2.45) is 5.73 Å². The van der Waals surface area contributed by atoms with Crippen LogP contribution in [-0.4, -0.2) is 35.2 Å². The number of nitrogens with two attached hydrogens (primary N) is 2. The summed E-state index contributed by atoms with van der Waals surface area (Å²) in [6.07, 6.45) is 4.95. The van der Waals surface area contributed by atoms with Gasteiger partial charge in [0.2, 0.25) is 5.91 Å². The van der Waals surface area contributed by atoms with E-state index in [9.17, 15) is 14.4 Å². The van der Waals surface area contributed by atoms with Crippen LogP contribution in [-0.2, 0) is 4.79 Å². The Balaban J connectivity index is 1.83. The van der Waals surface area contributed by atoms with Crippen molar-refractivity contribution in [1.82, 2.24) is 9.69 Å². The molecule has 37 heavy (non-hydrogen) atoms. The fraction of sp³-hybridized carbons (Fsp3) is 0.308. The van der Waals surface area contributed by atoms with Crippen molar-refractivity contribution in [3.63, 3.8) is 0 Å². The summed E-state index contributed by atoms with van der Waals surface area (Å²) in [6.45, 7) is 0. The summed E-state index contributed by atoms with van der Waals surface area (Å²) in [7, 11) is 1.54. The molecule has 0 saturated heterocycles. The van der Waals surface area contributed by atoms with Crippen LogP contribution in [0.3, 0.4) is 0 Å². The quantitative estimate of drug-likeness (QED) is 0.388. The van der Waals surface area contributed by atoms with Crippen molar-refractivity contribution in [2.75, 3.05) is 17.7 Å². The van der Waals surface area contributed by atoms with Crippen LogP contribution in [0.5, 0.6) is 5.75 Å². The first kappa shape index (κ1) is 26.4. The van der Waals surface area contributed by atoms with Crippen LogP contribution in [0.1, 0.15) is 63.9 Å². The summed E-state index contributed by atoms with van der Waals surface area (Å²) in [5.74, 6) is -1.18. The lowest BCUT2D eigenvalue weighted by atomic mass is 9.94. The highest BCUT2D eigenvalue weighted by Gasteiger charge is 2.37. The zero-order valence-electron chi connectivity index (χ0n) is 20.3. The van der Waals surface area contributed by atoms with Crippen LogP contribution in [0, 0.1) is 0 Å². The molecule has 9 nitrogen and oxygen atoms in total. The van der Waals surface area contributed by atoms with Crippen LogP contribution in [0.15, 0.2) is 48.5 Å². The maximum atomic E-state index is 14.1. The molecule has 5 N–H and O–H groups in total. The van der Waals surface area contributed by atoms with Crippen LogP contribution in [0.4, 0.5) is 11.4 Å². The zero-order chi connectivity index (χ0) is 26.5. The first-order chi connectivity index (χ1) is 17.8. The summed E-state index contributed by atoms with van der Waals surface area (Å²) in [6, 6.07) is 12.5. The number of carbonyl (C=O) groups excluding carboxylic acids is 3. The van der Waals surface area contributed by atoms with Gasteiger partial charge in [-0.25, -0.2) is 0 Å². The number of carbonyl (C=O) groups is 3. The van der Waals surface area contributed by atoms with Gasteiger partial charge in [-0.3, -0.25) is 19.3 Å². The Hall–Kier alpha value is -3.63. The molecule has 1 fully saturated rings. The van der Waals surface area contributed by atoms with Crippen molar-refractivity contribution in [1.29, 1.82) is 0 Å². The second-order valence-electron chi connectivity index (χ2n) is 8.81. The summed E-state index contributed by atoms with van der Waals surface area (Å²) in [5.41, 5.74) is 12.2. The van der Waals surface area contributed by atoms with Gasteiger partial charge >= 0.3 is 0 Å². The topological polar surface area (TPSA) is 141 Å². The molecule has 1 aliphatic carbocycles. The number of primary amides is 1. The first-order valence-corrected chi connectivity index (χ1v) is 13.0. The molecule has 0 spiro atoms.